The molecule has 20 heavy (non-hydrogen) atoms. The van der Waals surface area contributed by atoms with Crippen LogP contribution in [-0.4, -0.2) is 16.6 Å². The number of anilines is 1. The number of hydrogen-bond donors (Lipinski definition) is 1. The summed E-state index contributed by atoms with van der Waals surface area (Å²) < 4.78 is 5.50. The Bertz CT molecular complexity index is 557. The number of ether oxygens (including phenoxy) is 1. The predicted molar refractivity (Wildman–Crippen MR) is 80.6 cm³/mol. The van der Waals surface area contributed by atoms with Gasteiger partial charge in [0.2, 0.25) is 0 Å². The number of aryl methyl sites for hydroxylation is 1. The molecule has 1 unspecified atom stereocenters. The summed E-state index contributed by atoms with van der Waals surface area (Å²) in [6.45, 7) is 7.40. The minimum Gasteiger partial charge on any atom is -0.377 e. The fourth-order valence-electron chi connectivity index (χ4n) is 2.14. The molecule has 0 spiro atoms. The first kappa shape index (κ1) is 14.5. The maximum absolute atomic E-state index is 5.50. The van der Waals surface area contributed by atoms with Crippen molar-refractivity contribution in [3.05, 3.63) is 53.6 Å². The third-order valence-electron chi connectivity index (χ3n) is 3.18. The molecule has 0 aliphatic heterocycles. The molecule has 0 aliphatic rings. The van der Waals surface area contributed by atoms with Crippen LogP contribution in [0.25, 0.3) is 0 Å². The second-order valence-corrected chi connectivity index (χ2v) is 4.69. The second-order valence-electron chi connectivity index (χ2n) is 4.69. The zero-order valence-corrected chi connectivity index (χ0v) is 12.3. The summed E-state index contributed by atoms with van der Waals surface area (Å²) in [6, 6.07) is 8.29. The van der Waals surface area contributed by atoms with Gasteiger partial charge < -0.3 is 10.1 Å². The van der Waals surface area contributed by atoms with Crippen LogP contribution in [0.1, 0.15) is 36.8 Å². The number of nitrogens with zero attached hydrogens (tertiary/aromatic N) is 2. The lowest BCUT2D eigenvalue weighted by molar-refractivity contribution is 0.134. The van der Waals surface area contributed by atoms with E-state index >= 15 is 0 Å². The number of aromatic nitrogens is 2. The van der Waals surface area contributed by atoms with E-state index in [1.807, 2.05) is 26.0 Å². The van der Waals surface area contributed by atoms with Crippen molar-refractivity contribution in [1.29, 1.82) is 0 Å². The first-order chi connectivity index (χ1) is 9.72. The van der Waals surface area contributed by atoms with Crippen LogP contribution in [0.3, 0.4) is 0 Å². The highest BCUT2D eigenvalue weighted by molar-refractivity contribution is 5.52. The summed E-state index contributed by atoms with van der Waals surface area (Å²) in [7, 11) is 0. The molecule has 106 valence electrons. The highest BCUT2D eigenvalue weighted by Crippen LogP contribution is 2.22. The lowest BCUT2D eigenvalue weighted by atomic mass is 10.1. The summed E-state index contributed by atoms with van der Waals surface area (Å²) in [5, 5.41) is 3.49. The molecule has 4 heteroatoms. The highest BCUT2D eigenvalue weighted by Gasteiger charge is 2.12. The highest BCUT2D eigenvalue weighted by atomic mass is 16.5. The fourth-order valence-corrected chi connectivity index (χ4v) is 2.14. The van der Waals surface area contributed by atoms with Crippen LogP contribution in [-0.2, 0) is 11.3 Å². The van der Waals surface area contributed by atoms with Crippen molar-refractivity contribution < 1.29 is 4.74 Å². The van der Waals surface area contributed by atoms with Crippen LogP contribution < -0.4 is 5.32 Å². The molecule has 0 saturated heterocycles. The van der Waals surface area contributed by atoms with Crippen molar-refractivity contribution in [2.75, 3.05) is 11.9 Å². The SMILES string of the molecule is CCOCc1ccccc1NC(C)c1nccnc1C. The molecule has 0 bridgehead atoms. The largest absolute Gasteiger partial charge is 0.377 e. The summed E-state index contributed by atoms with van der Waals surface area (Å²) in [6.07, 6.45) is 3.45. The van der Waals surface area contributed by atoms with Crippen LogP contribution >= 0.6 is 0 Å². The minimum absolute atomic E-state index is 0.103. The molecule has 0 fully saturated rings. The van der Waals surface area contributed by atoms with Crippen molar-refractivity contribution in [2.45, 2.75) is 33.4 Å². The van der Waals surface area contributed by atoms with E-state index in [2.05, 4.69) is 34.3 Å². The number of rotatable bonds is 6. The van der Waals surface area contributed by atoms with E-state index in [-0.39, 0.29) is 6.04 Å². The lowest BCUT2D eigenvalue weighted by Gasteiger charge is -2.18. The Balaban J connectivity index is 2.15. The second kappa shape index (κ2) is 7.01. The topological polar surface area (TPSA) is 47.0 Å². The summed E-state index contributed by atoms with van der Waals surface area (Å²) in [5.41, 5.74) is 4.16. The predicted octanol–water partition coefficient (Wildman–Crippen LogP) is 3.49. The van der Waals surface area contributed by atoms with Gasteiger partial charge in [0.1, 0.15) is 0 Å². The standard InChI is InChI=1S/C16H21N3O/c1-4-20-11-14-7-5-6-8-15(14)19-13(3)16-12(2)17-9-10-18-16/h5-10,13,19H,4,11H2,1-3H3. The van der Waals surface area contributed by atoms with Gasteiger partial charge in [-0.2, -0.15) is 0 Å². The van der Waals surface area contributed by atoms with Gasteiger partial charge in [-0.1, -0.05) is 18.2 Å². The number of hydrogen-bond acceptors (Lipinski definition) is 4. The van der Waals surface area contributed by atoms with Gasteiger partial charge in [0.15, 0.2) is 0 Å². The maximum Gasteiger partial charge on any atom is 0.0835 e. The van der Waals surface area contributed by atoms with Gasteiger partial charge in [0.25, 0.3) is 0 Å². The Labute approximate surface area is 120 Å². The zero-order valence-electron chi connectivity index (χ0n) is 12.3. The quantitative estimate of drug-likeness (QED) is 0.873. The van der Waals surface area contributed by atoms with E-state index < -0.39 is 0 Å². The van der Waals surface area contributed by atoms with Crippen molar-refractivity contribution >= 4 is 5.69 Å². The van der Waals surface area contributed by atoms with Gasteiger partial charge in [-0.15, -0.1) is 0 Å². The normalized spacial score (nSPS) is 12.2. The Morgan fingerprint density at radius 2 is 1.95 bits per heavy atom. The van der Waals surface area contributed by atoms with Crippen LogP contribution in [0.4, 0.5) is 5.69 Å². The fraction of sp³-hybridized carbons (Fsp3) is 0.375. The third-order valence-corrected chi connectivity index (χ3v) is 3.18. The van der Waals surface area contributed by atoms with E-state index in [1.54, 1.807) is 12.4 Å². The monoisotopic (exact) mass is 271 g/mol. The summed E-state index contributed by atoms with van der Waals surface area (Å²) >= 11 is 0. The smallest absolute Gasteiger partial charge is 0.0835 e. The van der Waals surface area contributed by atoms with Gasteiger partial charge in [-0.05, 0) is 26.8 Å². The van der Waals surface area contributed by atoms with Gasteiger partial charge in [-0.25, -0.2) is 0 Å². The summed E-state index contributed by atoms with van der Waals surface area (Å²) in [5.74, 6) is 0. The van der Waals surface area contributed by atoms with E-state index in [1.165, 1.54) is 0 Å². The average molecular weight is 271 g/mol. The number of benzene rings is 1. The first-order valence-electron chi connectivity index (χ1n) is 6.92. The van der Waals surface area contributed by atoms with Crippen molar-refractivity contribution in [3.63, 3.8) is 0 Å². The van der Waals surface area contributed by atoms with E-state index in [9.17, 15) is 0 Å². The average Bonchev–Trinajstić information content (AvgIpc) is 2.46. The molecule has 1 aromatic heterocycles. The minimum atomic E-state index is 0.103. The molecule has 1 aromatic carbocycles. The molecule has 1 N–H and O–H groups in total. The molecular weight excluding hydrogens is 250 g/mol. The molecule has 1 heterocycles. The Morgan fingerprint density at radius 1 is 1.20 bits per heavy atom. The molecule has 0 saturated carbocycles. The van der Waals surface area contributed by atoms with E-state index in [4.69, 9.17) is 4.74 Å². The molecule has 0 amide bonds. The van der Waals surface area contributed by atoms with Crippen molar-refractivity contribution in [3.8, 4) is 0 Å². The zero-order chi connectivity index (χ0) is 14.4. The van der Waals surface area contributed by atoms with Crippen molar-refractivity contribution in [2.24, 2.45) is 0 Å². The maximum atomic E-state index is 5.50. The Kier molecular flexibility index (Phi) is 5.07. The van der Waals surface area contributed by atoms with Gasteiger partial charge >= 0.3 is 0 Å². The lowest BCUT2D eigenvalue weighted by Crippen LogP contribution is -2.12. The van der Waals surface area contributed by atoms with Crippen LogP contribution in [0.5, 0.6) is 0 Å². The van der Waals surface area contributed by atoms with Gasteiger partial charge in [-0.3, -0.25) is 9.97 Å². The number of nitrogens with one attached hydrogen (secondary N) is 1. The molecule has 1 atom stereocenters. The van der Waals surface area contributed by atoms with Crippen LogP contribution in [0.15, 0.2) is 36.7 Å². The molecular formula is C16H21N3O. The Hall–Kier alpha value is -1.94. The third kappa shape index (κ3) is 3.54. The first-order valence-corrected chi connectivity index (χ1v) is 6.92. The van der Waals surface area contributed by atoms with Gasteiger partial charge in [0, 0.05) is 30.3 Å². The molecule has 0 aliphatic carbocycles. The Morgan fingerprint density at radius 3 is 2.70 bits per heavy atom. The van der Waals surface area contributed by atoms with Gasteiger partial charge in [0.05, 0.1) is 24.0 Å². The van der Waals surface area contributed by atoms with Crippen molar-refractivity contribution in [1.82, 2.24) is 9.97 Å². The van der Waals surface area contributed by atoms with Crippen LogP contribution in [0, 0.1) is 6.92 Å². The number of para-hydroxylation sites is 1. The van der Waals surface area contributed by atoms with E-state index in [0.29, 0.717) is 13.2 Å². The van der Waals surface area contributed by atoms with E-state index in [0.717, 1.165) is 22.6 Å². The molecule has 4 nitrogen and oxygen atoms in total. The summed E-state index contributed by atoms with van der Waals surface area (Å²) in [4.78, 5) is 8.70. The molecule has 2 aromatic rings. The molecule has 2 rings (SSSR count). The molecule has 0 radical (unpaired) electrons. The van der Waals surface area contributed by atoms with Crippen LogP contribution in [0.2, 0.25) is 0 Å².